The highest BCUT2D eigenvalue weighted by Crippen LogP contribution is 2.14. The van der Waals surface area contributed by atoms with Crippen LogP contribution in [0.25, 0.3) is 0 Å². The van der Waals surface area contributed by atoms with Gasteiger partial charge in [0, 0.05) is 6.54 Å². The average molecular weight is 277 g/mol. The number of hydrogen-bond donors (Lipinski definition) is 2. The average Bonchev–Trinajstić information content (AvgIpc) is 2.04. The molecule has 0 aromatic carbocycles. The molecule has 5 heteroatoms. The first-order valence-corrected chi connectivity index (χ1v) is 4.88. The molecular weight excluding hydrogens is 269 g/mol. The minimum atomic E-state index is -0.00315. The Morgan fingerprint density at radius 1 is 1.50 bits per heavy atom. The van der Waals surface area contributed by atoms with Crippen LogP contribution in [0.5, 0.6) is 0 Å². The van der Waals surface area contributed by atoms with E-state index < -0.39 is 0 Å². The van der Waals surface area contributed by atoms with Crippen molar-refractivity contribution in [3.8, 4) is 0 Å². The normalized spacial score (nSPS) is 15.1. The summed E-state index contributed by atoms with van der Waals surface area (Å²) in [7, 11) is 0. The Morgan fingerprint density at radius 2 is 2.33 bits per heavy atom. The minimum Gasteiger partial charge on any atom is -0.370 e. The molecule has 0 bridgehead atoms. The lowest BCUT2D eigenvalue weighted by atomic mass is 10.1. The number of hydrogen-bond acceptors (Lipinski definition) is 3. The van der Waals surface area contributed by atoms with Gasteiger partial charge >= 0.3 is 0 Å². The van der Waals surface area contributed by atoms with Crippen molar-refractivity contribution in [2.24, 2.45) is 0 Å². The molecule has 0 spiro atoms. The molecule has 0 saturated carbocycles. The number of H-pyrrole nitrogens is 1. The van der Waals surface area contributed by atoms with Crippen molar-refractivity contribution in [2.45, 2.75) is 12.8 Å². The predicted octanol–water partition coefficient (Wildman–Crippen LogP) is 0.733. The van der Waals surface area contributed by atoms with Crippen molar-refractivity contribution in [3.05, 3.63) is 19.7 Å². The first-order valence-electron chi connectivity index (χ1n) is 3.80. The smallest absolute Gasteiger partial charge is 0.256 e. The fraction of sp³-hybridized carbons (Fsp3) is 0.429. The van der Waals surface area contributed by atoms with E-state index >= 15 is 0 Å². The maximum atomic E-state index is 11.3. The third kappa shape index (κ3) is 1.33. The van der Waals surface area contributed by atoms with E-state index in [9.17, 15) is 4.79 Å². The van der Waals surface area contributed by atoms with Crippen molar-refractivity contribution in [3.63, 3.8) is 0 Å². The fourth-order valence-corrected chi connectivity index (χ4v) is 1.81. The number of halogens is 1. The Kier molecular flexibility index (Phi) is 2.03. The van der Waals surface area contributed by atoms with Crippen LogP contribution in [0.3, 0.4) is 0 Å². The molecule has 0 unspecified atom stereocenters. The predicted molar refractivity (Wildman–Crippen MR) is 54.4 cm³/mol. The second kappa shape index (κ2) is 3.04. The van der Waals surface area contributed by atoms with Gasteiger partial charge in [-0.3, -0.25) is 4.79 Å². The molecule has 1 aliphatic rings. The molecule has 2 rings (SSSR count). The number of nitrogens with one attached hydrogen (secondary N) is 2. The molecular formula is C7H8IN3O. The van der Waals surface area contributed by atoms with E-state index in [4.69, 9.17) is 0 Å². The van der Waals surface area contributed by atoms with E-state index in [-0.39, 0.29) is 5.56 Å². The van der Waals surface area contributed by atoms with Crippen LogP contribution in [0.1, 0.15) is 12.0 Å². The van der Waals surface area contributed by atoms with E-state index in [1.165, 1.54) is 0 Å². The molecule has 0 amide bonds. The number of aromatic nitrogens is 2. The maximum absolute atomic E-state index is 11.3. The summed E-state index contributed by atoms with van der Waals surface area (Å²) in [5, 5.41) is 3.11. The van der Waals surface area contributed by atoms with Gasteiger partial charge in [-0.2, -0.15) is 0 Å². The third-order valence-corrected chi connectivity index (χ3v) is 2.39. The first-order chi connectivity index (χ1) is 5.77. The molecule has 4 nitrogen and oxygen atoms in total. The fourth-order valence-electron chi connectivity index (χ4n) is 1.32. The zero-order valence-corrected chi connectivity index (χ0v) is 8.51. The summed E-state index contributed by atoms with van der Waals surface area (Å²) in [6.45, 7) is 0.916. The van der Waals surface area contributed by atoms with Crippen LogP contribution in [0, 0.1) is 3.83 Å². The summed E-state index contributed by atoms with van der Waals surface area (Å²) in [6.07, 6.45) is 1.85. The van der Waals surface area contributed by atoms with E-state index in [0.717, 1.165) is 30.8 Å². The summed E-state index contributed by atoms with van der Waals surface area (Å²) in [5.74, 6) is 0.759. The summed E-state index contributed by atoms with van der Waals surface area (Å²) < 4.78 is 0.644. The van der Waals surface area contributed by atoms with Gasteiger partial charge in [-0.05, 0) is 35.4 Å². The molecule has 0 aliphatic carbocycles. The number of rotatable bonds is 0. The van der Waals surface area contributed by atoms with Crippen molar-refractivity contribution >= 4 is 28.4 Å². The lowest BCUT2D eigenvalue weighted by Gasteiger charge is -2.15. The van der Waals surface area contributed by atoms with Gasteiger partial charge in [0.15, 0.2) is 3.83 Å². The lowest BCUT2D eigenvalue weighted by molar-refractivity contribution is 0.793. The van der Waals surface area contributed by atoms with Crippen LogP contribution >= 0.6 is 22.6 Å². The van der Waals surface area contributed by atoms with Gasteiger partial charge in [0.1, 0.15) is 5.82 Å². The Hall–Kier alpha value is -0.590. The van der Waals surface area contributed by atoms with Gasteiger partial charge in [0.05, 0.1) is 5.56 Å². The van der Waals surface area contributed by atoms with Gasteiger partial charge in [-0.15, -0.1) is 0 Å². The minimum absolute atomic E-state index is 0.00315. The number of fused-ring (bicyclic) bond motifs is 1. The SMILES string of the molecule is O=c1[nH]c(I)nc2c1CCCN2. The largest absolute Gasteiger partial charge is 0.370 e. The molecule has 1 aromatic rings. The standard InChI is InChI=1S/C7H8IN3O/c8-7-10-5-4(6(12)11-7)2-1-3-9-5/h1-3H2,(H2,9,10,11,12). The van der Waals surface area contributed by atoms with Gasteiger partial charge in [-0.25, -0.2) is 4.98 Å². The van der Waals surface area contributed by atoms with Gasteiger partial charge in [0.25, 0.3) is 5.56 Å². The number of anilines is 1. The molecule has 0 atom stereocenters. The maximum Gasteiger partial charge on any atom is 0.256 e. The lowest BCUT2D eigenvalue weighted by Crippen LogP contribution is -2.24. The zero-order chi connectivity index (χ0) is 8.55. The van der Waals surface area contributed by atoms with Crippen LogP contribution in [-0.4, -0.2) is 16.5 Å². The Balaban J connectivity index is 2.60. The Morgan fingerprint density at radius 3 is 3.17 bits per heavy atom. The van der Waals surface area contributed by atoms with Gasteiger partial charge < -0.3 is 10.3 Å². The highest BCUT2D eigenvalue weighted by atomic mass is 127. The van der Waals surface area contributed by atoms with Crippen LogP contribution < -0.4 is 10.9 Å². The molecule has 0 fully saturated rings. The van der Waals surface area contributed by atoms with E-state index in [2.05, 4.69) is 15.3 Å². The topological polar surface area (TPSA) is 57.8 Å². The molecule has 0 radical (unpaired) electrons. The monoisotopic (exact) mass is 277 g/mol. The second-order valence-electron chi connectivity index (χ2n) is 2.71. The van der Waals surface area contributed by atoms with Crippen LogP contribution in [0.4, 0.5) is 5.82 Å². The van der Waals surface area contributed by atoms with E-state index in [1.54, 1.807) is 0 Å². The highest BCUT2D eigenvalue weighted by molar-refractivity contribution is 14.1. The van der Waals surface area contributed by atoms with Crippen LogP contribution in [-0.2, 0) is 6.42 Å². The van der Waals surface area contributed by atoms with Crippen LogP contribution in [0.2, 0.25) is 0 Å². The first kappa shape index (κ1) is 8.03. The Bertz CT molecular complexity index is 360. The quantitative estimate of drug-likeness (QED) is 0.543. The molecule has 64 valence electrons. The van der Waals surface area contributed by atoms with Crippen molar-refractivity contribution in [1.29, 1.82) is 0 Å². The zero-order valence-electron chi connectivity index (χ0n) is 6.35. The highest BCUT2D eigenvalue weighted by Gasteiger charge is 2.13. The van der Waals surface area contributed by atoms with Crippen molar-refractivity contribution in [2.75, 3.05) is 11.9 Å². The molecule has 1 aliphatic heterocycles. The van der Waals surface area contributed by atoms with E-state index in [0.29, 0.717) is 3.83 Å². The summed E-state index contributed by atoms with van der Waals surface area (Å²) in [4.78, 5) is 18.2. The van der Waals surface area contributed by atoms with Crippen LogP contribution in [0.15, 0.2) is 4.79 Å². The van der Waals surface area contributed by atoms with Gasteiger partial charge in [0.2, 0.25) is 0 Å². The van der Waals surface area contributed by atoms with E-state index in [1.807, 2.05) is 22.6 Å². The van der Waals surface area contributed by atoms with Gasteiger partial charge in [-0.1, -0.05) is 0 Å². The molecule has 12 heavy (non-hydrogen) atoms. The molecule has 2 N–H and O–H groups in total. The number of aromatic amines is 1. The summed E-state index contributed by atoms with van der Waals surface area (Å²) >= 11 is 2.00. The summed E-state index contributed by atoms with van der Waals surface area (Å²) in [6, 6.07) is 0. The second-order valence-corrected chi connectivity index (χ2v) is 3.74. The molecule has 0 saturated heterocycles. The van der Waals surface area contributed by atoms with Crippen molar-refractivity contribution in [1.82, 2.24) is 9.97 Å². The molecule has 1 aromatic heterocycles. The number of nitrogens with zero attached hydrogens (tertiary/aromatic N) is 1. The van der Waals surface area contributed by atoms with Crippen molar-refractivity contribution < 1.29 is 0 Å². The molecule has 2 heterocycles. The third-order valence-electron chi connectivity index (χ3n) is 1.88. The Labute approximate surface area is 82.9 Å². The summed E-state index contributed by atoms with van der Waals surface area (Å²) in [5.41, 5.74) is 0.790.